The molecule has 2 aromatic rings. The lowest BCUT2D eigenvalue weighted by Crippen LogP contribution is -2.38. The molecule has 2 aromatic carbocycles. The molecule has 0 unspecified atom stereocenters. The lowest BCUT2D eigenvalue weighted by molar-refractivity contribution is -0.116. The van der Waals surface area contributed by atoms with Gasteiger partial charge < -0.3 is 5.32 Å². The smallest absolute Gasteiger partial charge is 0.245 e. The molecule has 26 heavy (non-hydrogen) atoms. The van der Waals surface area contributed by atoms with Crippen LogP contribution in [0.5, 0.6) is 0 Å². The van der Waals surface area contributed by atoms with Gasteiger partial charge in [0.15, 0.2) is 0 Å². The van der Waals surface area contributed by atoms with Crippen molar-refractivity contribution in [3.05, 3.63) is 58.1 Å². The van der Waals surface area contributed by atoms with E-state index in [4.69, 9.17) is 23.2 Å². The van der Waals surface area contributed by atoms with Crippen LogP contribution in [0, 0.1) is 0 Å². The minimum atomic E-state index is -3.95. The number of aryl methyl sites for hydroxylation is 1. The number of benzene rings is 2. The van der Waals surface area contributed by atoms with Gasteiger partial charge in [0.2, 0.25) is 15.9 Å². The molecule has 1 N–H and O–H groups in total. The molecule has 0 bridgehead atoms. The normalized spacial score (nSPS) is 11.6. The number of halogens is 2. The molecule has 5 nitrogen and oxygen atoms in total. The van der Waals surface area contributed by atoms with Gasteiger partial charge in [0.25, 0.3) is 0 Å². The lowest BCUT2D eigenvalue weighted by atomic mass is 10.1. The molecule has 1 amide bonds. The predicted molar refractivity (Wildman–Crippen MR) is 105 cm³/mol. The molecule has 0 fully saturated rings. The fraction of sp³-hybridized carbons (Fsp3) is 0.278. The molecule has 0 atom stereocenters. The van der Waals surface area contributed by atoms with Crippen LogP contribution in [-0.4, -0.2) is 31.7 Å². The van der Waals surface area contributed by atoms with Gasteiger partial charge in [0.1, 0.15) is 4.90 Å². The van der Waals surface area contributed by atoms with Crippen LogP contribution in [-0.2, 0) is 21.2 Å². The van der Waals surface area contributed by atoms with E-state index < -0.39 is 15.9 Å². The molecule has 0 radical (unpaired) electrons. The Balaban J connectivity index is 2.16. The van der Waals surface area contributed by atoms with Gasteiger partial charge >= 0.3 is 0 Å². The molecule has 0 aliphatic carbocycles. The van der Waals surface area contributed by atoms with E-state index >= 15 is 0 Å². The maximum atomic E-state index is 12.8. The maximum Gasteiger partial charge on any atom is 0.245 e. The standard InChI is InChI=1S/C18H20Cl2N2O3S/c1-3-13-5-8-15(9-6-13)21-18(23)12-22(4-2)26(24,25)17-11-14(19)7-10-16(17)20/h5-11H,3-4,12H2,1-2H3,(H,21,23). The van der Waals surface area contributed by atoms with Gasteiger partial charge in [-0.05, 0) is 42.3 Å². The Hall–Kier alpha value is -1.60. The van der Waals surface area contributed by atoms with Crippen LogP contribution in [0.2, 0.25) is 10.0 Å². The number of rotatable bonds is 7. The van der Waals surface area contributed by atoms with Crippen molar-refractivity contribution < 1.29 is 13.2 Å². The van der Waals surface area contributed by atoms with Crippen molar-refractivity contribution in [2.24, 2.45) is 0 Å². The van der Waals surface area contributed by atoms with Crippen molar-refractivity contribution in [1.29, 1.82) is 0 Å². The average molecular weight is 415 g/mol. The molecule has 0 spiro atoms. The van der Waals surface area contributed by atoms with Crippen LogP contribution >= 0.6 is 23.2 Å². The number of amides is 1. The second-order valence-electron chi connectivity index (χ2n) is 5.60. The van der Waals surface area contributed by atoms with Gasteiger partial charge in [-0.15, -0.1) is 0 Å². The van der Waals surface area contributed by atoms with Crippen LogP contribution in [0.25, 0.3) is 0 Å². The second kappa shape index (κ2) is 8.86. The molecule has 0 aliphatic rings. The molecule has 8 heteroatoms. The van der Waals surface area contributed by atoms with Gasteiger partial charge in [-0.3, -0.25) is 4.79 Å². The van der Waals surface area contributed by atoms with Crippen LogP contribution in [0.1, 0.15) is 19.4 Å². The molecule has 140 valence electrons. The SMILES string of the molecule is CCc1ccc(NC(=O)CN(CC)S(=O)(=O)c2cc(Cl)ccc2Cl)cc1. The number of nitrogens with zero attached hydrogens (tertiary/aromatic N) is 1. The summed E-state index contributed by atoms with van der Waals surface area (Å²) in [5.74, 6) is -0.433. The minimum Gasteiger partial charge on any atom is -0.325 e. The van der Waals surface area contributed by atoms with Crippen LogP contribution in [0.3, 0.4) is 0 Å². The Morgan fingerprint density at radius 2 is 1.73 bits per heavy atom. The first-order chi connectivity index (χ1) is 12.3. The zero-order valence-corrected chi connectivity index (χ0v) is 16.8. The van der Waals surface area contributed by atoms with Crippen molar-refractivity contribution in [3.8, 4) is 0 Å². The average Bonchev–Trinajstić information content (AvgIpc) is 2.62. The first-order valence-corrected chi connectivity index (χ1v) is 10.3. The highest BCUT2D eigenvalue weighted by molar-refractivity contribution is 7.89. The van der Waals surface area contributed by atoms with Gasteiger partial charge in [-0.2, -0.15) is 4.31 Å². The zero-order valence-electron chi connectivity index (χ0n) is 14.5. The predicted octanol–water partition coefficient (Wildman–Crippen LogP) is 4.21. The van der Waals surface area contributed by atoms with Crippen molar-refractivity contribution in [1.82, 2.24) is 4.31 Å². The van der Waals surface area contributed by atoms with Crippen molar-refractivity contribution in [3.63, 3.8) is 0 Å². The first-order valence-electron chi connectivity index (χ1n) is 8.12. The van der Waals surface area contributed by atoms with Crippen LogP contribution in [0.4, 0.5) is 5.69 Å². The highest BCUT2D eigenvalue weighted by atomic mass is 35.5. The summed E-state index contributed by atoms with van der Waals surface area (Å²) in [6, 6.07) is 11.6. The Labute approximate surface area is 164 Å². The fourth-order valence-corrected chi connectivity index (χ4v) is 4.51. The van der Waals surface area contributed by atoms with E-state index in [0.29, 0.717) is 5.69 Å². The summed E-state index contributed by atoms with van der Waals surface area (Å²) in [5.41, 5.74) is 1.76. The quantitative estimate of drug-likeness (QED) is 0.737. The number of carbonyl (C=O) groups is 1. The van der Waals surface area contributed by atoms with Crippen LogP contribution in [0.15, 0.2) is 47.4 Å². The van der Waals surface area contributed by atoms with E-state index in [1.54, 1.807) is 19.1 Å². The van der Waals surface area contributed by atoms with E-state index in [1.807, 2.05) is 19.1 Å². The molecular weight excluding hydrogens is 395 g/mol. The van der Waals surface area contributed by atoms with E-state index in [9.17, 15) is 13.2 Å². The fourth-order valence-electron chi connectivity index (χ4n) is 2.37. The van der Waals surface area contributed by atoms with Gasteiger partial charge in [0.05, 0.1) is 11.6 Å². The summed E-state index contributed by atoms with van der Waals surface area (Å²) in [6.07, 6.45) is 0.899. The molecular formula is C18H20Cl2N2O3S. The van der Waals surface area contributed by atoms with Gasteiger partial charge in [-0.1, -0.05) is 49.2 Å². The molecule has 0 aliphatic heterocycles. The molecule has 2 rings (SSSR count). The molecule has 0 saturated heterocycles. The van der Waals surface area contributed by atoms with Gasteiger partial charge in [-0.25, -0.2) is 8.42 Å². The monoisotopic (exact) mass is 414 g/mol. The Bertz CT molecular complexity index is 884. The van der Waals surface area contributed by atoms with E-state index in [0.717, 1.165) is 16.3 Å². The zero-order chi connectivity index (χ0) is 19.3. The number of anilines is 1. The highest BCUT2D eigenvalue weighted by Gasteiger charge is 2.27. The lowest BCUT2D eigenvalue weighted by Gasteiger charge is -2.21. The first kappa shape index (κ1) is 20.7. The van der Waals surface area contributed by atoms with Crippen LogP contribution < -0.4 is 5.32 Å². The summed E-state index contributed by atoms with van der Waals surface area (Å²) < 4.78 is 26.7. The highest BCUT2D eigenvalue weighted by Crippen LogP contribution is 2.27. The van der Waals surface area contributed by atoms with E-state index in [-0.39, 0.29) is 28.0 Å². The topological polar surface area (TPSA) is 66.5 Å². The second-order valence-corrected chi connectivity index (χ2v) is 8.35. The summed E-state index contributed by atoms with van der Waals surface area (Å²) in [6.45, 7) is 3.49. The number of carbonyl (C=O) groups excluding carboxylic acids is 1. The minimum absolute atomic E-state index is 0.0587. The summed E-state index contributed by atoms with van der Waals surface area (Å²) in [7, 11) is -3.95. The Morgan fingerprint density at radius 3 is 2.31 bits per heavy atom. The third kappa shape index (κ3) is 4.98. The van der Waals surface area contributed by atoms with Crippen molar-refractivity contribution in [2.75, 3.05) is 18.4 Å². The number of nitrogens with one attached hydrogen (secondary N) is 1. The number of hydrogen-bond donors (Lipinski definition) is 1. The maximum absolute atomic E-state index is 12.8. The molecule has 0 heterocycles. The third-order valence-corrected chi connectivity index (χ3v) is 6.47. The van der Waals surface area contributed by atoms with E-state index in [1.165, 1.54) is 18.2 Å². The number of likely N-dealkylation sites (N-methyl/N-ethyl adjacent to an activating group) is 1. The van der Waals surface area contributed by atoms with Gasteiger partial charge in [0, 0.05) is 17.3 Å². The van der Waals surface area contributed by atoms with E-state index in [2.05, 4.69) is 5.32 Å². The largest absolute Gasteiger partial charge is 0.325 e. The summed E-state index contributed by atoms with van der Waals surface area (Å²) >= 11 is 11.9. The summed E-state index contributed by atoms with van der Waals surface area (Å²) in [4.78, 5) is 12.2. The summed E-state index contributed by atoms with van der Waals surface area (Å²) in [5, 5.41) is 3.02. The number of sulfonamides is 1. The van der Waals surface area contributed by atoms with Crippen molar-refractivity contribution in [2.45, 2.75) is 25.2 Å². The Kier molecular flexibility index (Phi) is 7.06. The molecule has 0 aromatic heterocycles. The number of hydrogen-bond acceptors (Lipinski definition) is 3. The third-order valence-electron chi connectivity index (χ3n) is 3.83. The molecule has 0 saturated carbocycles. The Morgan fingerprint density at radius 1 is 1.08 bits per heavy atom. The van der Waals surface area contributed by atoms with Crippen molar-refractivity contribution >= 4 is 44.8 Å².